The maximum Gasteiger partial charge on any atom is 0.248 e. The monoisotopic (exact) mass is 463 g/mol. The van der Waals surface area contributed by atoms with Gasteiger partial charge in [0.15, 0.2) is 0 Å². The molecule has 4 rings (SSSR count). The summed E-state index contributed by atoms with van der Waals surface area (Å²) in [5, 5.41) is 5.71. The molecule has 2 heterocycles. The molecule has 1 aliphatic heterocycles. The predicted molar refractivity (Wildman–Crippen MR) is 127 cm³/mol. The van der Waals surface area contributed by atoms with Gasteiger partial charge in [0.1, 0.15) is 17.9 Å². The van der Waals surface area contributed by atoms with E-state index in [1.165, 1.54) is 16.7 Å². The van der Waals surface area contributed by atoms with Crippen LogP contribution in [0.5, 0.6) is 0 Å². The van der Waals surface area contributed by atoms with Gasteiger partial charge in [-0.1, -0.05) is 12.1 Å². The molecule has 4 amide bonds. The number of piperazine rings is 1. The number of hydrogen-bond acceptors (Lipinski definition) is 5. The number of amides is 4. The minimum absolute atomic E-state index is 0.0775. The molecule has 2 N–H and O–H groups in total. The van der Waals surface area contributed by atoms with Gasteiger partial charge in [-0.25, -0.2) is 4.98 Å². The molecule has 9 heteroatoms. The Hall–Kier alpha value is -3.75. The number of aromatic nitrogens is 1. The molecule has 2 aromatic rings. The first kappa shape index (κ1) is 23.4. The first-order valence-electron chi connectivity index (χ1n) is 11.4. The van der Waals surface area contributed by atoms with E-state index in [1.807, 2.05) is 24.3 Å². The Bertz CT molecular complexity index is 1130. The van der Waals surface area contributed by atoms with E-state index in [0.29, 0.717) is 37.4 Å². The van der Waals surface area contributed by atoms with E-state index in [-0.39, 0.29) is 36.1 Å². The Morgan fingerprint density at radius 1 is 1.06 bits per heavy atom. The fraction of sp³-hybridized carbons (Fsp3) is 0.400. The Kier molecular flexibility index (Phi) is 6.37. The predicted octanol–water partition coefficient (Wildman–Crippen LogP) is 1.84. The normalized spacial score (nSPS) is 18.9. The lowest BCUT2D eigenvalue weighted by Gasteiger charge is -2.45. The molecule has 1 aromatic carbocycles. The molecule has 2 aliphatic rings. The molecule has 1 saturated heterocycles. The van der Waals surface area contributed by atoms with Crippen molar-refractivity contribution in [1.29, 1.82) is 0 Å². The molecule has 1 aliphatic carbocycles. The fourth-order valence-electron chi connectivity index (χ4n) is 4.73. The van der Waals surface area contributed by atoms with E-state index < -0.39 is 5.54 Å². The molecule has 9 nitrogen and oxygen atoms in total. The zero-order valence-corrected chi connectivity index (χ0v) is 19.6. The summed E-state index contributed by atoms with van der Waals surface area (Å²) < 4.78 is 0. The Morgan fingerprint density at radius 3 is 2.53 bits per heavy atom. The summed E-state index contributed by atoms with van der Waals surface area (Å²) in [5.41, 5.74) is 1.74. The maximum absolute atomic E-state index is 12.8. The van der Waals surface area contributed by atoms with Crippen LogP contribution in [0.2, 0.25) is 0 Å². The van der Waals surface area contributed by atoms with E-state index in [0.717, 1.165) is 11.1 Å². The summed E-state index contributed by atoms with van der Waals surface area (Å²) >= 11 is 0. The highest BCUT2D eigenvalue weighted by atomic mass is 16.2. The first-order valence-corrected chi connectivity index (χ1v) is 11.4. The number of pyridine rings is 1. The van der Waals surface area contributed by atoms with Crippen molar-refractivity contribution < 1.29 is 19.2 Å². The van der Waals surface area contributed by atoms with Crippen LogP contribution >= 0.6 is 0 Å². The Balaban J connectivity index is 1.34. The fourth-order valence-corrected chi connectivity index (χ4v) is 4.73. The van der Waals surface area contributed by atoms with E-state index in [9.17, 15) is 19.2 Å². The Morgan fingerprint density at radius 2 is 1.82 bits per heavy atom. The standard InChI is InChI=1S/C25H29N5O4/c1-16(31)30-11-10-29(24(34)25(30,2)3)15-22(32)27-20-8-7-17-12-19(13-18(17)14-20)23(33)28-21-6-4-5-9-26-21/h4-9,14,19H,10-13,15H2,1-3H3,(H,27,32)(H,26,28,33). The quantitative estimate of drug-likeness (QED) is 0.703. The highest BCUT2D eigenvalue weighted by Crippen LogP contribution is 2.30. The molecule has 0 bridgehead atoms. The van der Waals surface area contributed by atoms with E-state index in [2.05, 4.69) is 15.6 Å². The molecule has 1 unspecified atom stereocenters. The van der Waals surface area contributed by atoms with Gasteiger partial charge >= 0.3 is 0 Å². The third-order valence-electron chi connectivity index (χ3n) is 6.50. The molecule has 0 radical (unpaired) electrons. The van der Waals surface area contributed by atoms with Crippen LogP contribution in [-0.2, 0) is 32.0 Å². The molecule has 178 valence electrons. The van der Waals surface area contributed by atoms with Crippen LogP contribution in [-0.4, -0.2) is 63.6 Å². The minimum atomic E-state index is -0.983. The highest BCUT2D eigenvalue weighted by Gasteiger charge is 2.43. The maximum atomic E-state index is 12.8. The Labute approximate surface area is 198 Å². The zero-order valence-electron chi connectivity index (χ0n) is 19.6. The van der Waals surface area contributed by atoms with Gasteiger partial charge in [-0.05, 0) is 62.1 Å². The lowest BCUT2D eigenvalue weighted by Crippen LogP contribution is -2.64. The molecule has 0 spiro atoms. The van der Waals surface area contributed by atoms with Crippen LogP contribution in [0.25, 0.3) is 0 Å². The van der Waals surface area contributed by atoms with Crippen LogP contribution in [0.4, 0.5) is 11.5 Å². The highest BCUT2D eigenvalue weighted by molar-refractivity contribution is 5.98. The van der Waals surface area contributed by atoms with Gasteiger partial charge in [-0.3, -0.25) is 19.2 Å². The first-order chi connectivity index (χ1) is 16.1. The van der Waals surface area contributed by atoms with Crippen molar-refractivity contribution in [2.24, 2.45) is 5.92 Å². The van der Waals surface area contributed by atoms with Crippen molar-refractivity contribution in [2.75, 3.05) is 30.3 Å². The summed E-state index contributed by atoms with van der Waals surface area (Å²) in [6.45, 7) is 5.45. The summed E-state index contributed by atoms with van der Waals surface area (Å²) in [6.07, 6.45) is 2.84. The number of carbonyl (C=O) groups is 4. The number of hydrogen-bond donors (Lipinski definition) is 2. The van der Waals surface area contributed by atoms with Crippen molar-refractivity contribution in [3.05, 3.63) is 53.7 Å². The topological polar surface area (TPSA) is 112 Å². The second-order valence-electron chi connectivity index (χ2n) is 9.30. The van der Waals surface area contributed by atoms with Crippen LogP contribution in [0, 0.1) is 5.92 Å². The number of nitrogens with one attached hydrogen (secondary N) is 2. The average molecular weight is 464 g/mol. The van der Waals surface area contributed by atoms with Crippen molar-refractivity contribution in [1.82, 2.24) is 14.8 Å². The third kappa shape index (κ3) is 4.78. The molecule has 1 atom stereocenters. The van der Waals surface area contributed by atoms with Crippen molar-refractivity contribution in [2.45, 2.75) is 39.2 Å². The van der Waals surface area contributed by atoms with Crippen LogP contribution in [0.1, 0.15) is 31.9 Å². The number of nitrogens with zero attached hydrogens (tertiary/aromatic N) is 3. The average Bonchev–Trinajstić information content (AvgIpc) is 3.21. The van der Waals surface area contributed by atoms with Gasteiger partial charge in [0.2, 0.25) is 23.6 Å². The summed E-state index contributed by atoms with van der Waals surface area (Å²) in [6, 6.07) is 11.0. The summed E-state index contributed by atoms with van der Waals surface area (Å²) in [5.74, 6) is -0.458. The van der Waals surface area contributed by atoms with Crippen molar-refractivity contribution in [3.63, 3.8) is 0 Å². The van der Waals surface area contributed by atoms with Gasteiger partial charge in [-0.15, -0.1) is 0 Å². The summed E-state index contributed by atoms with van der Waals surface area (Å²) in [4.78, 5) is 57.1. The van der Waals surface area contributed by atoms with Crippen molar-refractivity contribution >= 4 is 35.1 Å². The van der Waals surface area contributed by atoms with Gasteiger partial charge in [0.05, 0.1) is 0 Å². The van der Waals surface area contributed by atoms with Crippen LogP contribution in [0.3, 0.4) is 0 Å². The van der Waals surface area contributed by atoms with E-state index >= 15 is 0 Å². The lowest BCUT2D eigenvalue weighted by atomic mass is 9.97. The van der Waals surface area contributed by atoms with Crippen LogP contribution < -0.4 is 10.6 Å². The zero-order chi connectivity index (χ0) is 24.5. The molecule has 1 fully saturated rings. The van der Waals surface area contributed by atoms with E-state index in [1.54, 1.807) is 32.2 Å². The number of fused-ring (bicyclic) bond motifs is 1. The molecule has 34 heavy (non-hydrogen) atoms. The molecule has 0 saturated carbocycles. The number of benzene rings is 1. The second kappa shape index (κ2) is 9.24. The summed E-state index contributed by atoms with van der Waals surface area (Å²) in [7, 11) is 0. The number of carbonyl (C=O) groups excluding carboxylic acids is 4. The van der Waals surface area contributed by atoms with Crippen molar-refractivity contribution in [3.8, 4) is 0 Å². The third-order valence-corrected chi connectivity index (χ3v) is 6.50. The number of rotatable bonds is 5. The number of anilines is 2. The molecule has 1 aromatic heterocycles. The lowest BCUT2D eigenvalue weighted by molar-refractivity contribution is -0.158. The van der Waals surface area contributed by atoms with E-state index in [4.69, 9.17) is 0 Å². The van der Waals surface area contributed by atoms with Gasteiger partial charge < -0.3 is 20.4 Å². The molecular weight excluding hydrogens is 434 g/mol. The van der Waals surface area contributed by atoms with Gasteiger partial charge in [-0.2, -0.15) is 0 Å². The van der Waals surface area contributed by atoms with Gasteiger partial charge in [0, 0.05) is 37.8 Å². The second-order valence-corrected chi connectivity index (χ2v) is 9.30. The minimum Gasteiger partial charge on any atom is -0.330 e. The van der Waals surface area contributed by atoms with Crippen LogP contribution in [0.15, 0.2) is 42.6 Å². The van der Waals surface area contributed by atoms with Gasteiger partial charge in [0.25, 0.3) is 0 Å². The SMILES string of the molecule is CC(=O)N1CCN(CC(=O)Nc2ccc3c(c2)CC(C(=O)Nc2ccccn2)C3)C(=O)C1(C)C. The largest absolute Gasteiger partial charge is 0.330 e. The molecular formula is C25H29N5O4. The smallest absolute Gasteiger partial charge is 0.248 e.